The first-order valence-corrected chi connectivity index (χ1v) is 17.1. The molecule has 4 aromatic heterocycles. The van der Waals surface area contributed by atoms with Crippen LogP contribution in [-0.2, 0) is 0 Å². The number of rotatable bonds is 4. The summed E-state index contributed by atoms with van der Waals surface area (Å²) in [5, 5.41) is 3.35. The van der Waals surface area contributed by atoms with Crippen LogP contribution in [0.2, 0.25) is 0 Å². The second-order valence-corrected chi connectivity index (χ2v) is 13.0. The molecule has 0 atom stereocenters. The predicted octanol–water partition coefficient (Wildman–Crippen LogP) is 10.8. The van der Waals surface area contributed by atoms with Crippen molar-refractivity contribution in [1.82, 2.24) is 28.5 Å². The van der Waals surface area contributed by atoms with E-state index in [2.05, 4.69) is 159 Å². The fraction of sp³-hybridized carbons (Fsp3) is 0. The third-order valence-corrected chi connectivity index (χ3v) is 10.1. The van der Waals surface area contributed by atoms with Crippen molar-refractivity contribution in [3.05, 3.63) is 170 Å². The summed E-state index contributed by atoms with van der Waals surface area (Å²) >= 11 is 0. The van der Waals surface area contributed by atoms with Gasteiger partial charge < -0.3 is 0 Å². The highest BCUT2D eigenvalue weighted by atomic mass is 15.2. The van der Waals surface area contributed by atoms with E-state index in [4.69, 9.17) is 15.0 Å². The topological polar surface area (TPSA) is 52.9 Å². The second kappa shape index (κ2) is 10.7. The number of nitrogens with zero attached hydrogens (tertiary/aromatic N) is 6. The molecule has 51 heavy (non-hydrogen) atoms. The molecule has 4 heterocycles. The summed E-state index contributed by atoms with van der Waals surface area (Å²) < 4.78 is 6.73. The average Bonchev–Trinajstić information content (AvgIpc) is 3.84. The van der Waals surface area contributed by atoms with Crippen molar-refractivity contribution >= 4 is 60.6 Å². The molecule has 0 N–H and O–H groups in total. The molecule has 6 heteroatoms. The lowest BCUT2D eigenvalue weighted by molar-refractivity contribution is 1.01. The molecule has 6 nitrogen and oxygen atoms in total. The monoisotopic (exact) mass is 652 g/mol. The van der Waals surface area contributed by atoms with Gasteiger partial charge in [0.1, 0.15) is 0 Å². The zero-order valence-corrected chi connectivity index (χ0v) is 27.3. The Morgan fingerprint density at radius 3 is 1.84 bits per heavy atom. The van der Waals surface area contributed by atoms with E-state index in [0.717, 1.165) is 88.6 Å². The van der Waals surface area contributed by atoms with Crippen molar-refractivity contribution < 1.29 is 0 Å². The lowest BCUT2D eigenvalue weighted by atomic mass is 10.0. The van der Waals surface area contributed by atoms with E-state index in [9.17, 15) is 0 Å². The van der Waals surface area contributed by atoms with Crippen molar-refractivity contribution in [3.8, 4) is 34.0 Å². The van der Waals surface area contributed by atoms with Gasteiger partial charge in [-0.1, -0.05) is 109 Å². The highest BCUT2D eigenvalue weighted by molar-refractivity contribution is 6.10. The maximum absolute atomic E-state index is 5.24. The van der Waals surface area contributed by atoms with Gasteiger partial charge in [-0.05, 0) is 71.8 Å². The lowest BCUT2D eigenvalue weighted by Crippen LogP contribution is -2.03. The molecule has 0 radical (unpaired) electrons. The van der Waals surface area contributed by atoms with Crippen molar-refractivity contribution in [2.75, 3.05) is 0 Å². The van der Waals surface area contributed by atoms with Gasteiger partial charge in [-0.25, -0.2) is 15.0 Å². The molecule has 11 aromatic rings. The van der Waals surface area contributed by atoms with E-state index < -0.39 is 0 Å². The molecular weight excluding hydrogens is 625 g/mol. The van der Waals surface area contributed by atoms with Crippen LogP contribution in [0.15, 0.2) is 170 Å². The maximum Gasteiger partial charge on any atom is 0.235 e. The molecule has 0 aliphatic rings. The lowest BCUT2D eigenvalue weighted by Gasteiger charge is -2.12. The molecule has 0 fully saturated rings. The van der Waals surface area contributed by atoms with E-state index in [1.54, 1.807) is 0 Å². The second-order valence-electron chi connectivity index (χ2n) is 13.0. The van der Waals surface area contributed by atoms with Crippen molar-refractivity contribution in [1.29, 1.82) is 0 Å². The molecule has 0 spiro atoms. The van der Waals surface area contributed by atoms with Crippen molar-refractivity contribution in [3.63, 3.8) is 0 Å². The van der Waals surface area contributed by atoms with Crippen LogP contribution < -0.4 is 0 Å². The van der Waals surface area contributed by atoms with E-state index in [0.29, 0.717) is 5.95 Å². The zero-order chi connectivity index (χ0) is 33.5. The van der Waals surface area contributed by atoms with Gasteiger partial charge in [0.2, 0.25) is 11.7 Å². The third kappa shape index (κ3) is 4.14. The van der Waals surface area contributed by atoms with Crippen LogP contribution in [0.4, 0.5) is 0 Å². The Morgan fingerprint density at radius 2 is 1.00 bits per heavy atom. The van der Waals surface area contributed by atoms with Crippen molar-refractivity contribution in [2.45, 2.75) is 0 Å². The largest absolute Gasteiger partial charge is 0.278 e. The molecule has 0 aliphatic carbocycles. The summed E-state index contributed by atoms with van der Waals surface area (Å²) in [6.07, 6.45) is 0. The molecule has 7 aromatic carbocycles. The summed E-state index contributed by atoms with van der Waals surface area (Å²) in [6, 6.07) is 59.5. The van der Waals surface area contributed by atoms with Crippen LogP contribution in [0.1, 0.15) is 0 Å². The number of imidazole rings is 2. The number of hydrogen-bond acceptors (Lipinski definition) is 3. The molecule has 0 aliphatic heterocycles. The van der Waals surface area contributed by atoms with Gasteiger partial charge in [0.15, 0.2) is 0 Å². The Labute approximate surface area is 292 Å². The van der Waals surface area contributed by atoms with E-state index in [1.165, 1.54) is 0 Å². The highest BCUT2D eigenvalue weighted by Gasteiger charge is 2.20. The van der Waals surface area contributed by atoms with Crippen LogP contribution in [0.3, 0.4) is 0 Å². The molecular formula is C45H28N6. The number of para-hydroxylation sites is 5. The standard InChI is InChI=1S/C45H28N6/c1-3-13-29(14-4-1)43-34-18-7-9-19-36(34)46-44(48-43)50-38-20-10-8-17-33(38)35-27-30(24-26-39(35)50)31-23-25-37-42(28-31)51-41-22-12-11-21-40(41)49(45(51)47-37)32-15-5-2-6-16-32/h1-28H. The Kier molecular flexibility index (Phi) is 5.86. The summed E-state index contributed by atoms with van der Waals surface area (Å²) in [4.78, 5) is 15.5. The molecule has 0 unspecified atom stereocenters. The molecule has 0 saturated heterocycles. The Balaban J connectivity index is 1.12. The Morgan fingerprint density at radius 1 is 0.353 bits per heavy atom. The Hall–Kier alpha value is -7.05. The minimum Gasteiger partial charge on any atom is -0.278 e. The summed E-state index contributed by atoms with van der Waals surface area (Å²) in [6.45, 7) is 0. The third-order valence-electron chi connectivity index (χ3n) is 10.1. The van der Waals surface area contributed by atoms with Gasteiger partial charge in [0.25, 0.3) is 0 Å². The fourth-order valence-electron chi connectivity index (χ4n) is 7.76. The minimum atomic E-state index is 0.657. The average molecular weight is 653 g/mol. The summed E-state index contributed by atoms with van der Waals surface area (Å²) in [7, 11) is 0. The van der Waals surface area contributed by atoms with Crippen LogP contribution in [0.25, 0.3) is 94.6 Å². The number of aromatic nitrogens is 6. The van der Waals surface area contributed by atoms with Crippen LogP contribution in [0, 0.1) is 0 Å². The molecule has 0 bridgehead atoms. The fourth-order valence-corrected chi connectivity index (χ4v) is 7.76. The van der Waals surface area contributed by atoms with E-state index in [1.807, 2.05) is 24.3 Å². The van der Waals surface area contributed by atoms with Gasteiger partial charge >= 0.3 is 0 Å². The van der Waals surface area contributed by atoms with Crippen LogP contribution in [0.5, 0.6) is 0 Å². The highest BCUT2D eigenvalue weighted by Crippen LogP contribution is 2.37. The first kappa shape index (κ1) is 27.9. The first-order valence-electron chi connectivity index (χ1n) is 17.1. The molecule has 0 saturated carbocycles. The number of benzene rings is 7. The van der Waals surface area contributed by atoms with Crippen LogP contribution in [-0.4, -0.2) is 28.5 Å². The van der Waals surface area contributed by atoms with Gasteiger partial charge in [-0.15, -0.1) is 0 Å². The van der Waals surface area contributed by atoms with Crippen molar-refractivity contribution in [2.24, 2.45) is 0 Å². The zero-order valence-electron chi connectivity index (χ0n) is 27.3. The summed E-state index contributed by atoms with van der Waals surface area (Å²) in [5.74, 6) is 1.56. The predicted molar refractivity (Wildman–Crippen MR) is 208 cm³/mol. The van der Waals surface area contributed by atoms with E-state index >= 15 is 0 Å². The van der Waals surface area contributed by atoms with Gasteiger partial charge in [-0.3, -0.25) is 13.5 Å². The molecule has 0 amide bonds. The quantitative estimate of drug-likeness (QED) is 0.190. The molecule has 238 valence electrons. The minimum absolute atomic E-state index is 0.657. The molecule has 11 rings (SSSR count). The smallest absolute Gasteiger partial charge is 0.235 e. The number of fused-ring (bicyclic) bond motifs is 9. The normalized spacial score (nSPS) is 11.9. The van der Waals surface area contributed by atoms with Gasteiger partial charge in [-0.2, -0.15) is 0 Å². The maximum atomic E-state index is 5.24. The Bertz CT molecular complexity index is 3130. The SMILES string of the molecule is c1ccc(-c2nc(-n3c4ccccc4c4cc(-c5ccc6nc7n(-c8ccccc8)c8ccccc8n7c6c5)ccc43)nc3ccccc23)cc1. The van der Waals surface area contributed by atoms with E-state index in [-0.39, 0.29) is 0 Å². The van der Waals surface area contributed by atoms with Crippen LogP contribution >= 0.6 is 0 Å². The summed E-state index contributed by atoms with van der Waals surface area (Å²) in [5.41, 5.74) is 12.7. The first-order chi connectivity index (χ1) is 25.3. The van der Waals surface area contributed by atoms with Gasteiger partial charge in [0, 0.05) is 27.4 Å². The van der Waals surface area contributed by atoms with Gasteiger partial charge in [0.05, 0.1) is 44.3 Å². The number of hydrogen-bond donors (Lipinski definition) is 0.